The summed E-state index contributed by atoms with van der Waals surface area (Å²) in [6.45, 7) is 4.82. The molecule has 88 valence electrons. The number of halogens is 1. The van der Waals surface area contributed by atoms with Crippen molar-refractivity contribution in [3.63, 3.8) is 0 Å². The zero-order valence-corrected chi connectivity index (χ0v) is 10.2. The number of ether oxygens (including phenoxy) is 1. The Kier molecular flexibility index (Phi) is 3.96. The first-order valence-corrected chi connectivity index (χ1v) is 6.02. The number of rotatable bonds is 4. The second kappa shape index (κ2) is 5.46. The Morgan fingerprint density at radius 2 is 2.50 bits per heavy atom. The Morgan fingerprint density at radius 1 is 1.62 bits per heavy atom. The Bertz CT molecular complexity index is 342. The fraction of sp³-hybridized carbons (Fsp3) is 0.636. The van der Waals surface area contributed by atoms with E-state index in [4.69, 9.17) is 16.3 Å². The zero-order chi connectivity index (χ0) is 11.4. The van der Waals surface area contributed by atoms with Gasteiger partial charge in [-0.1, -0.05) is 11.6 Å². The van der Waals surface area contributed by atoms with Gasteiger partial charge >= 0.3 is 0 Å². The molecular formula is C11H16ClN3O. The van der Waals surface area contributed by atoms with Gasteiger partial charge in [0.05, 0.1) is 18.0 Å². The molecule has 1 atom stereocenters. The molecule has 0 spiro atoms. The number of aromatic nitrogens is 2. The molecule has 2 rings (SSSR count). The molecular weight excluding hydrogens is 226 g/mol. The molecule has 0 aromatic carbocycles. The monoisotopic (exact) mass is 241 g/mol. The summed E-state index contributed by atoms with van der Waals surface area (Å²) in [5, 5.41) is 8.04. The minimum absolute atomic E-state index is 0.340. The largest absolute Gasteiger partial charge is 0.376 e. The number of nitrogens with zero attached hydrogens (tertiary/aromatic N) is 3. The number of likely N-dealkylation sites (N-methyl/N-ethyl adjacent to an activating group) is 1. The quantitative estimate of drug-likeness (QED) is 0.810. The molecule has 1 unspecified atom stereocenters. The van der Waals surface area contributed by atoms with Gasteiger partial charge in [-0.15, -0.1) is 5.10 Å². The van der Waals surface area contributed by atoms with Crippen LogP contribution in [-0.2, 0) is 4.74 Å². The number of anilines is 1. The van der Waals surface area contributed by atoms with Gasteiger partial charge in [0, 0.05) is 25.8 Å². The van der Waals surface area contributed by atoms with Gasteiger partial charge in [0.1, 0.15) is 0 Å². The molecule has 5 heteroatoms. The lowest BCUT2D eigenvalue weighted by Gasteiger charge is -2.25. The van der Waals surface area contributed by atoms with E-state index < -0.39 is 0 Å². The van der Waals surface area contributed by atoms with Crippen molar-refractivity contribution in [2.24, 2.45) is 0 Å². The van der Waals surface area contributed by atoms with Crippen molar-refractivity contribution < 1.29 is 4.74 Å². The summed E-state index contributed by atoms with van der Waals surface area (Å²) in [6, 6.07) is 1.84. The van der Waals surface area contributed by atoms with Gasteiger partial charge in [-0.25, -0.2) is 0 Å². The first-order chi connectivity index (χ1) is 7.79. The Balaban J connectivity index is 2.03. The van der Waals surface area contributed by atoms with Crippen molar-refractivity contribution in [2.45, 2.75) is 25.9 Å². The average Bonchev–Trinajstić information content (AvgIpc) is 2.78. The van der Waals surface area contributed by atoms with Gasteiger partial charge in [-0.2, -0.15) is 5.10 Å². The van der Waals surface area contributed by atoms with Crippen molar-refractivity contribution in [3.8, 4) is 0 Å². The number of hydrogen-bond donors (Lipinski definition) is 0. The molecule has 2 heterocycles. The Hall–Kier alpha value is -0.870. The molecule has 0 N–H and O–H groups in total. The summed E-state index contributed by atoms with van der Waals surface area (Å²) in [6.07, 6.45) is 4.39. The van der Waals surface area contributed by atoms with Gasteiger partial charge in [0.25, 0.3) is 0 Å². The van der Waals surface area contributed by atoms with Crippen LogP contribution in [0.15, 0.2) is 12.3 Å². The van der Waals surface area contributed by atoms with Crippen molar-refractivity contribution >= 4 is 17.3 Å². The predicted molar refractivity (Wildman–Crippen MR) is 63.9 cm³/mol. The predicted octanol–water partition coefficient (Wildman–Crippen LogP) is 2.14. The van der Waals surface area contributed by atoms with E-state index in [-0.39, 0.29) is 0 Å². The van der Waals surface area contributed by atoms with E-state index in [9.17, 15) is 0 Å². The van der Waals surface area contributed by atoms with Crippen molar-refractivity contribution in [3.05, 3.63) is 17.4 Å². The first-order valence-electron chi connectivity index (χ1n) is 5.64. The van der Waals surface area contributed by atoms with Crippen LogP contribution >= 0.6 is 11.6 Å². The van der Waals surface area contributed by atoms with E-state index in [2.05, 4.69) is 22.0 Å². The van der Waals surface area contributed by atoms with Crippen LogP contribution in [0.2, 0.25) is 5.15 Å². The van der Waals surface area contributed by atoms with Crippen molar-refractivity contribution in [1.82, 2.24) is 10.2 Å². The van der Waals surface area contributed by atoms with E-state index >= 15 is 0 Å². The SMILES string of the molecule is CCN(CC1CCCO1)c1cnnc(Cl)c1. The molecule has 16 heavy (non-hydrogen) atoms. The lowest BCUT2D eigenvalue weighted by atomic mass is 10.2. The summed E-state index contributed by atoms with van der Waals surface area (Å²) in [5.74, 6) is 0. The minimum atomic E-state index is 0.340. The summed E-state index contributed by atoms with van der Waals surface area (Å²) >= 11 is 5.83. The van der Waals surface area contributed by atoms with Crippen molar-refractivity contribution in [2.75, 3.05) is 24.6 Å². The molecule has 0 amide bonds. The maximum absolute atomic E-state index is 5.83. The number of hydrogen-bond acceptors (Lipinski definition) is 4. The van der Waals surface area contributed by atoms with Gasteiger partial charge < -0.3 is 9.64 Å². The molecule has 0 bridgehead atoms. The molecule has 1 aliphatic rings. The summed E-state index contributed by atoms with van der Waals surface area (Å²) in [5.41, 5.74) is 1.01. The fourth-order valence-corrected chi connectivity index (χ4v) is 2.11. The normalized spacial score (nSPS) is 20.0. The van der Waals surface area contributed by atoms with Crippen molar-refractivity contribution in [1.29, 1.82) is 0 Å². The van der Waals surface area contributed by atoms with Crippen LogP contribution in [0, 0.1) is 0 Å². The third-order valence-corrected chi connectivity index (χ3v) is 2.99. The second-order valence-electron chi connectivity index (χ2n) is 3.91. The zero-order valence-electron chi connectivity index (χ0n) is 9.40. The highest BCUT2D eigenvalue weighted by atomic mass is 35.5. The highest BCUT2D eigenvalue weighted by Crippen LogP contribution is 2.19. The summed E-state index contributed by atoms with van der Waals surface area (Å²) < 4.78 is 5.63. The maximum atomic E-state index is 5.83. The smallest absolute Gasteiger partial charge is 0.153 e. The molecule has 4 nitrogen and oxygen atoms in total. The van der Waals surface area contributed by atoms with Gasteiger partial charge in [-0.3, -0.25) is 0 Å². The molecule has 0 saturated carbocycles. The van der Waals surface area contributed by atoms with E-state index in [1.165, 1.54) is 0 Å². The molecule has 0 radical (unpaired) electrons. The Morgan fingerprint density at radius 3 is 3.12 bits per heavy atom. The standard InChI is InChI=1S/C11H16ClN3O/c1-2-15(8-10-4-3-5-16-10)9-6-11(12)14-13-7-9/h6-7,10H,2-5,8H2,1H3. The van der Waals surface area contributed by atoms with Crippen LogP contribution in [0.1, 0.15) is 19.8 Å². The highest BCUT2D eigenvalue weighted by Gasteiger charge is 2.19. The molecule has 1 aromatic heterocycles. The van der Waals surface area contributed by atoms with Crippen LogP contribution in [0.5, 0.6) is 0 Å². The third-order valence-electron chi connectivity index (χ3n) is 2.81. The molecule has 1 fully saturated rings. The molecule has 1 aliphatic heterocycles. The summed E-state index contributed by atoms with van der Waals surface area (Å²) in [7, 11) is 0. The second-order valence-corrected chi connectivity index (χ2v) is 4.30. The van der Waals surface area contributed by atoms with Gasteiger partial charge in [0.15, 0.2) is 5.15 Å². The van der Waals surface area contributed by atoms with Gasteiger partial charge in [-0.05, 0) is 19.8 Å². The lowest BCUT2D eigenvalue weighted by Crippen LogP contribution is -2.32. The van der Waals surface area contributed by atoms with E-state index in [0.29, 0.717) is 11.3 Å². The van der Waals surface area contributed by atoms with Crippen LogP contribution in [0.25, 0.3) is 0 Å². The minimum Gasteiger partial charge on any atom is -0.376 e. The van der Waals surface area contributed by atoms with E-state index in [0.717, 1.165) is 38.2 Å². The van der Waals surface area contributed by atoms with E-state index in [1.54, 1.807) is 6.20 Å². The maximum Gasteiger partial charge on any atom is 0.153 e. The Labute approximate surface area is 101 Å². The van der Waals surface area contributed by atoms with Crippen LogP contribution in [0.3, 0.4) is 0 Å². The lowest BCUT2D eigenvalue weighted by molar-refractivity contribution is 0.115. The van der Waals surface area contributed by atoms with Crippen LogP contribution < -0.4 is 4.90 Å². The molecule has 0 aliphatic carbocycles. The first kappa shape index (κ1) is 11.6. The average molecular weight is 242 g/mol. The van der Waals surface area contributed by atoms with Crippen LogP contribution in [-0.4, -0.2) is 36.0 Å². The molecule has 1 aromatic rings. The summed E-state index contributed by atoms with van der Waals surface area (Å²) in [4.78, 5) is 2.22. The molecule has 1 saturated heterocycles. The fourth-order valence-electron chi connectivity index (χ4n) is 1.96. The van der Waals surface area contributed by atoms with Crippen LogP contribution in [0.4, 0.5) is 5.69 Å². The third kappa shape index (κ3) is 2.83. The highest BCUT2D eigenvalue weighted by molar-refractivity contribution is 6.29. The van der Waals surface area contributed by atoms with E-state index in [1.807, 2.05) is 6.07 Å². The topological polar surface area (TPSA) is 38.2 Å². The van der Waals surface area contributed by atoms with Gasteiger partial charge in [0.2, 0.25) is 0 Å².